The Kier molecular flexibility index (Phi) is 5.94. The highest BCUT2D eigenvalue weighted by Gasteiger charge is 2.63. The molecule has 2 heterocycles. The Hall–Kier alpha value is -1.72. The zero-order valence-corrected chi connectivity index (χ0v) is 16.5. The quantitative estimate of drug-likeness (QED) is 0.740. The first-order chi connectivity index (χ1) is 13.6. The van der Waals surface area contributed by atoms with Crippen molar-refractivity contribution in [3.63, 3.8) is 0 Å². The normalized spacial score (nSPS) is 22.4. The summed E-state index contributed by atoms with van der Waals surface area (Å²) < 4.78 is 16.3. The second-order valence-corrected chi connectivity index (χ2v) is 7.18. The van der Waals surface area contributed by atoms with E-state index < -0.39 is 22.9 Å². The fourth-order valence-corrected chi connectivity index (χ4v) is 3.38. The molecule has 11 heteroatoms. The predicted octanol–water partition coefficient (Wildman–Crippen LogP) is 0.404. The molecule has 0 aliphatic carbocycles. The Bertz CT molecular complexity index is 896. The molecule has 29 heavy (non-hydrogen) atoms. The van der Waals surface area contributed by atoms with Crippen LogP contribution >= 0.6 is 0 Å². The van der Waals surface area contributed by atoms with Gasteiger partial charge in [-0.3, -0.25) is 4.98 Å². The van der Waals surface area contributed by atoms with E-state index in [2.05, 4.69) is 4.98 Å². The molecule has 1 aliphatic rings. The molecule has 0 bridgehead atoms. The predicted molar refractivity (Wildman–Crippen MR) is 117 cm³/mol. The van der Waals surface area contributed by atoms with Gasteiger partial charge in [-0.2, -0.15) is 0 Å². The molecule has 1 N–H and O–H groups in total. The minimum Gasteiger partial charge on any atom is -0.493 e. The number of pyridine rings is 1. The summed E-state index contributed by atoms with van der Waals surface area (Å²) in [6.07, 6.45) is 3.92. The number of methoxy groups -OCH3 is 1. The second kappa shape index (κ2) is 7.84. The Morgan fingerprint density at radius 1 is 1.07 bits per heavy atom. The summed E-state index contributed by atoms with van der Waals surface area (Å²) in [7, 11) is 30.5. The van der Waals surface area contributed by atoms with Crippen molar-refractivity contribution in [2.75, 3.05) is 13.7 Å². The van der Waals surface area contributed by atoms with Gasteiger partial charge >= 0.3 is 7.12 Å². The lowest BCUT2D eigenvalue weighted by atomic mass is 9.20. The van der Waals surface area contributed by atoms with E-state index in [-0.39, 0.29) is 0 Å². The first-order valence-electron chi connectivity index (χ1n) is 9.15. The highest BCUT2D eigenvalue weighted by molar-refractivity contribution is 6.77. The van der Waals surface area contributed by atoms with Crippen LogP contribution < -0.4 is 9.47 Å². The van der Waals surface area contributed by atoms with Crippen molar-refractivity contribution in [1.29, 1.82) is 0 Å². The van der Waals surface area contributed by atoms with Crippen LogP contribution in [0, 0.1) is 0 Å². The maximum atomic E-state index is 10.1. The van der Waals surface area contributed by atoms with E-state index in [0.717, 1.165) is 12.0 Å². The summed E-state index contributed by atoms with van der Waals surface area (Å²) in [5, 5.41) is 4.29. The fourth-order valence-electron chi connectivity index (χ4n) is 3.38. The van der Waals surface area contributed by atoms with Crippen LogP contribution in [0.25, 0.3) is 11.1 Å². The molecule has 0 amide bonds. The molecule has 0 spiro atoms. The van der Waals surface area contributed by atoms with Crippen molar-refractivity contribution in [3.05, 3.63) is 42.2 Å². The minimum absolute atomic E-state index is 0.313. The van der Waals surface area contributed by atoms with Gasteiger partial charge in [-0.1, -0.05) is 18.1 Å². The Morgan fingerprint density at radius 3 is 2.38 bits per heavy atom. The van der Waals surface area contributed by atoms with Crippen LogP contribution in [0.2, 0.25) is 5.11 Å². The van der Waals surface area contributed by atoms with Crippen LogP contribution in [-0.4, -0.2) is 75.5 Å². The van der Waals surface area contributed by atoms with E-state index in [0.29, 0.717) is 29.2 Å². The monoisotopic (exact) mass is 377 g/mol. The number of aromatic nitrogens is 1. The van der Waals surface area contributed by atoms with Crippen LogP contribution in [0.1, 0.15) is 18.9 Å². The van der Waals surface area contributed by atoms with Gasteiger partial charge in [0.15, 0.2) is 11.5 Å². The van der Waals surface area contributed by atoms with E-state index in [9.17, 15) is 5.02 Å². The Balaban J connectivity index is 2.07. The van der Waals surface area contributed by atoms with Gasteiger partial charge in [-0.05, 0) is 46.5 Å². The van der Waals surface area contributed by atoms with Gasteiger partial charge < -0.3 is 19.2 Å². The number of nitrogens with zero attached hydrogens (tertiary/aromatic N) is 1. The minimum atomic E-state index is -2.02. The van der Waals surface area contributed by atoms with Crippen molar-refractivity contribution in [2.45, 2.75) is 29.2 Å². The van der Waals surface area contributed by atoms with Crippen LogP contribution in [-0.2, 0) is 9.97 Å². The highest BCUT2D eigenvalue weighted by atomic mass is 16.5. The van der Waals surface area contributed by atoms with Gasteiger partial charge in [0.05, 0.1) is 52.9 Å². The third kappa shape index (κ3) is 3.53. The molecular weight excluding hydrogens is 359 g/mol. The maximum absolute atomic E-state index is 10.1. The van der Waals surface area contributed by atoms with Crippen LogP contribution in [0.4, 0.5) is 0 Å². The van der Waals surface area contributed by atoms with Gasteiger partial charge in [0.1, 0.15) is 0 Å². The van der Waals surface area contributed by atoms with E-state index in [1.54, 1.807) is 25.4 Å². The Morgan fingerprint density at radius 2 is 1.79 bits per heavy atom. The summed E-state index contributed by atoms with van der Waals surface area (Å²) in [5.74, 6) is 1.21. The van der Waals surface area contributed by atoms with Crippen LogP contribution in [0.15, 0.2) is 36.7 Å². The molecule has 0 saturated carbocycles. The third-order valence-electron chi connectivity index (χ3n) is 5.17. The van der Waals surface area contributed by atoms with E-state index in [1.807, 2.05) is 19.1 Å². The molecule has 1 aromatic carbocycles. The molecule has 2 aromatic rings. The van der Waals surface area contributed by atoms with E-state index in [1.165, 1.54) is 6.20 Å². The summed E-state index contributed by atoms with van der Waals surface area (Å²) >= 11 is 0. The summed E-state index contributed by atoms with van der Waals surface area (Å²) in [4.78, 5) is 4.23. The van der Waals surface area contributed by atoms with Crippen molar-refractivity contribution in [1.82, 2.24) is 4.98 Å². The van der Waals surface area contributed by atoms with Gasteiger partial charge in [-0.25, -0.2) is 0 Å². The smallest absolute Gasteiger partial charge is 0.442 e. The summed E-state index contributed by atoms with van der Waals surface area (Å²) in [5.41, 5.74) is 1.78. The van der Waals surface area contributed by atoms with E-state index >= 15 is 0 Å². The van der Waals surface area contributed by atoms with Crippen LogP contribution in [0.3, 0.4) is 0 Å². The average Bonchev–Trinajstić information content (AvgIpc) is 2.82. The molecule has 136 valence electrons. The van der Waals surface area contributed by atoms with Crippen molar-refractivity contribution >= 4 is 46.3 Å². The number of ether oxygens (including phenoxy) is 2. The molecular formula is C18H17B6NO4. The molecule has 1 aliphatic heterocycles. The van der Waals surface area contributed by atoms with Gasteiger partial charge in [0.25, 0.3) is 0 Å². The lowest BCUT2D eigenvalue weighted by Crippen LogP contribution is -2.56. The largest absolute Gasteiger partial charge is 0.493 e. The molecule has 1 saturated heterocycles. The molecule has 1 aromatic heterocycles. The third-order valence-corrected chi connectivity index (χ3v) is 5.17. The first-order valence-corrected chi connectivity index (χ1v) is 9.15. The summed E-state index contributed by atoms with van der Waals surface area (Å²) in [6.45, 7) is 2.56. The molecule has 5 nitrogen and oxygen atoms in total. The number of hydrogen-bond donors (Lipinski definition) is 1. The SMILES string of the molecule is [B]C1([B])OB(O)C([B])([B])[C@]1([B])c1cncc(-c2ccc(OC)c(OCCC)c2)c1. The number of hydrogen-bond acceptors (Lipinski definition) is 5. The van der Waals surface area contributed by atoms with Gasteiger partial charge in [0, 0.05) is 18.0 Å². The second-order valence-electron chi connectivity index (χ2n) is 7.18. The van der Waals surface area contributed by atoms with Gasteiger partial charge in [0.2, 0.25) is 0 Å². The Labute approximate surface area is 178 Å². The van der Waals surface area contributed by atoms with Crippen molar-refractivity contribution in [2.24, 2.45) is 0 Å². The lowest BCUT2D eigenvalue weighted by molar-refractivity contribution is 0.208. The molecule has 1 atom stereocenters. The fraction of sp³-hybridized carbons (Fsp3) is 0.389. The zero-order chi connectivity index (χ0) is 21.4. The highest BCUT2D eigenvalue weighted by Crippen LogP contribution is 2.54. The molecule has 10 radical (unpaired) electrons. The first kappa shape index (κ1) is 22.0. The lowest BCUT2D eigenvalue weighted by Gasteiger charge is -2.48. The zero-order valence-electron chi connectivity index (χ0n) is 16.5. The number of benzene rings is 1. The maximum Gasteiger partial charge on any atom is 0.442 e. The topological polar surface area (TPSA) is 60.8 Å². The van der Waals surface area contributed by atoms with Gasteiger partial charge in [-0.15, -0.1) is 0 Å². The van der Waals surface area contributed by atoms with Crippen molar-refractivity contribution < 1.29 is 19.2 Å². The number of rotatable bonds is 6. The van der Waals surface area contributed by atoms with Crippen LogP contribution in [0.5, 0.6) is 11.5 Å². The molecule has 1 fully saturated rings. The molecule has 3 rings (SSSR count). The van der Waals surface area contributed by atoms with Crippen molar-refractivity contribution in [3.8, 4) is 22.6 Å². The standard InChI is InChI=1S/C18H17B6NO4/c1-3-6-28-15-8-11(4-5-14(15)27-2)12-7-13(10-25-9-12)16(19)17(20,21)24(26)29-18(16,22)23/h4-5,7-10,26H,3,6H2,1-2H3/t16-/m1/s1. The van der Waals surface area contributed by atoms with E-state index in [4.69, 9.17) is 53.4 Å². The molecule has 0 unspecified atom stereocenters. The summed E-state index contributed by atoms with van der Waals surface area (Å²) in [6, 6.07) is 7.16. The average molecular weight is 376 g/mol.